The van der Waals surface area contributed by atoms with Gasteiger partial charge in [-0.1, -0.05) is 70.8 Å². The highest BCUT2D eigenvalue weighted by atomic mass is 14.7. The van der Waals surface area contributed by atoms with Crippen LogP contribution in [0.15, 0.2) is 22.8 Å². The van der Waals surface area contributed by atoms with E-state index in [0.29, 0.717) is 21.7 Å². The summed E-state index contributed by atoms with van der Waals surface area (Å²) in [5.74, 6) is 2.68. The standard InChI is InChI=1S/C30H50/c1-21(2)11-9-12-22(3)23-15-19-30(8)25-13-14-26-27(4,5)17-10-18-28(26,6)24(25)16-20-29(23,30)7/h11,22-23,26H,9-10,12-20H2,1-8H3/t22-,23-,26+,28+,29-,30+/m0/s1. The maximum atomic E-state index is 2.71. The molecule has 0 saturated heterocycles. The van der Waals surface area contributed by atoms with Crippen LogP contribution in [0, 0.1) is 39.4 Å². The Morgan fingerprint density at radius 2 is 1.67 bits per heavy atom. The Kier molecular flexibility index (Phi) is 5.68. The van der Waals surface area contributed by atoms with Gasteiger partial charge in [0, 0.05) is 0 Å². The predicted octanol–water partition coefficient (Wildman–Crippen LogP) is 9.51. The minimum Gasteiger partial charge on any atom is -0.0859 e. The van der Waals surface area contributed by atoms with E-state index in [2.05, 4.69) is 61.5 Å². The summed E-state index contributed by atoms with van der Waals surface area (Å²) >= 11 is 0. The van der Waals surface area contributed by atoms with Gasteiger partial charge in [0.1, 0.15) is 0 Å². The second-order valence-corrected chi connectivity index (χ2v) is 13.5. The molecule has 0 aromatic carbocycles. The Bertz CT molecular complexity index is 731. The van der Waals surface area contributed by atoms with Gasteiger partial charge in [0.05, 0.1) is 0 Å². The number of fused-ring (bicyclic) bond motifs is 4. The monoisotopic (exact) mass is 410 g/mol. The molecule has 30 heavy (non-hydrogen) atoms. The molecule has 0 bridgehead atoms. The highest BCUT2D eigenvalue weighted by Crippen LogP contribution is 2.72. The van der Waals surface area contributed by atoms with Gasteiger partial charge in [-0.3, -0.25) is 0 Å². The van der Waals surface area contributed by atoms with E-state index in [1.165, 1.54) is 76.2 Å². The number of allylic oxidation sites excluding steroid dienone is 4. The predicted molar refractivity (Wildman–Crippen MR) is 131 cm³/mol. The topological polar surface area (TPSA) is 0 Å². The van der Waals surface area contributed by atoms with Crippen LogP contribution >= 0.6 is 0 Å². The van der Waals surface area contributed by atoms with Crippen LogP contribution in [0.2, 0.25) is 0 Å². The highest BCUT2D eigenvalue weighted by molar-refractivity contribution is 5.38. The molecule has 0 radical (unpaired) electrons. The van der Waals surface area contributed by atoms with Crippen molar-refractivity contribution < 1.29 is 0 Å². The first-order valence-corrected chi connectivity index (χ1v) is 13.3. The molecular formula is C30H50. The molecule has 2 saturated carbocycles. The molecule has 0 nitrogen and oxygen atoms in total. The first kappa shape index (κ1) is 22.7. The lowest BCUT2D eigenvalue weighted by atomic mass is 9.43. The molecule has 170 valence electrons. The van der Waals surface area contributed by atoms with E-state index < -0.39 is 0 Å². The van der Waals surface area contributed by atoms with Gasteiger partial charge in [-0.25, -0.2) is 0 Å². The fourth-order valence-electron chi connectivity index (χ4n) is 9.57. The van der Waals surface area contributed by atoms with Crippen LogP contribution in [0.3, 0.4) is 0 Å². The zero-order chi connectivity index (χ0) is 21.9. The minimum absolute atomic E-state index is 0.464. The lowest BCUT2D eigenvalue weighted by molar-refractivity contribution is -0.0199. The zero-order valence-electron chi connectivity index (χ0n) is 21.6. The van der Waals surface area contributed by atoms with Crippen molar-refractivity contribution in [3.05, 3.63) is 22.8 Å². The van der Waals surface area contributed by atoms with Crippen LogP contribution in [0.4, 0.5) is 0 Å². The van der Waals surface area contributed by atoms with Crippen LogP contribution in [0.25, 0.3) is 0 Å². The summed E-state index contributed by atoms with van der Waals surface area (Å²) in [6.45, 7) is 20.3. The molecule has 0 spiro atoms. The van der Waals surface area contributed by atoms with Gasteiger partial charge in [0.15, 0.2) is 0 Å². The molecule has 0 aromatic heterocycles. The molecule has 0 unspecified atom stereocenters. The minimum atomic E-state index is 0.464. The first-order chi connectivity index (χ1) is 14.0. The zero-order valence-corrected chi connectivity index (χ0v) is 21.6. The molecule has 0 heterocycles. The van der Waals surface area contributed by atoms with Crippen molar-refractivity contribution in [1.82, 2.24) is 0 Å². The smallest absolute Gasteiger partial charge is 0.00568 e. The van der Waals surface area contributed by atoms with Crippen LogP contribution in [-0.4, -0.2) is 0 Å². The number of hydrogen-bond acceptors (Lipinski definition) is 0. The molecule has 0 aliphatic heterocycles. The Morgan fingerprint density at radius 3 is 2.37 bits per heavy atom. The molecule has 0 N–H and O–H groups in total. The van der Waals surface area contributed by atoms with Crippen molar-refractivity contribution in [3.63, 3.8) is 0 Å². The fourth-order valence-corrected chi connectivity index (χ4v) is 9.57. The molecule has 4 rings (SSSR count). The Labute approximate surface area is 188 Å². The second kappa shape index (κ2) is 7.52. The SMILES string of the molecule is CC(C)=CCC[C@H](C)[C@@H]1CC[C@]2(C)C3=C(CC[C@@]12C)[C@@]1(C)CCCC(C)(C)[C@H]1CC3. The number of rotatable bonds is 4. The lowest BCUT2D eigenvalue weighted by Gasteiger charge is -2.61. The first-order valence-electron chi connectivity index (χ1n) is 13.3. The molecule has 4 aliphatic carbocycles. The molecule has 4 aliphatic rings. The maximum absolute atomic E-state index is 2.71. The van der Waals surface area contributed by atoms with E-state index >= 15 is 0 Å². The van der Waals surface area contributed by atoms with E-state index in [-0.39, 0.29) is 0 Å². The van der Waals surface area contributed by atoms with Gasteiger partial charge >= 0.3 is 0 Å². The Morgan fingerprint density at radius 1 is 0.933 bits per heavy atom. The summed E-state index contributed by atoms with van der Waals surface area (Å²) in [6, 6.07) is 0. The van der Waals surface area contributed by atoms with Gasteiger partial charge in [-0.05, 0) is 117 Å². The van der Waals surface area contributed by atoms with Crippen LogP contribution in [0.1, 0.15) is 126 Å². The third-order valence-corrected chi connectivity index (χ3v) is 11.4. The second-order valence-electron chi connectivity index (χ2n) is 13.5. The Balaban J connectivity index is 1.64. The summed E-state index contributed by atoms with van der Waals surface area (Å²) in [7, 11) is 0. The van der Waals surface area contributed by atoms with Crippen molar-refractivity contribution in [2.24, 2.45) is 39.4 Å². The average molecular weight is 411 g/mol. The summed E-state index contributed by atoms with van der Waals surface area (Å²) in [6.07, 6.45) is 18.1. The quantitative estimate of drug-likeness (QED) is 0.405. The third kappa shape index (κ3) is 3.21. The van der Waals surface area contributed by atoms with Crippen molar-refractivity contribution in [1.29, 1.82) is 0 Å². The largest absolute Gasteiger partial charge is 0.0859 e. The molecule has 6 atom stereocenters. The van der Waals surface area contributed by atoms with Gasteiger partial charge in [0.2, 0.25) is 0 Å². The van der Waals surface area contributed by atoms with Gasteiger partial charge < -0.3 is 0 Å². The summed E-state index contributed by atoms with van der Waals surface area (Å²) in [4.78, 5) is 0. The summed E-state index contributed by atoms with van der Waals surface area (Å²) in [5, 5.41) is 0. The van der Waals surface area contributed by atoms with Crippen LogP contribution in [0.5, 0.6) is 0 Å². The van der Waals surface area contributed by atoms with Crippen molar-refractivity contribution in [2.75, 3.05) is 0 Å². The molecule has 0 aromatic rings. The van der Waals surface area contributed by atoms with E-state index in [0.717, 1.165) is 17.8 Å². The van der Waals surface area contributed by atoms with E-state index in [1.54, 1.807) is 0 Å². The maximum Gasteiger partial charge on any atom is -0.00568 e. The molecule has 0 heteroatoms. The molecule has 2 fully saturated rings. The summed E-state index contributed by atoms with van der Waals surface area (Å²) < 4.78 is 0. The molecular weight excluding hydrogens is 360 g/mol. The van der Waals surface area contributed by atoms with E-state index in [4.69, 9.17) is 0 Å². The van der Waals surface area contributed by atoms with Crippen molar-refractivity contribution >= 4 is 0 Å². The van der Waals surface area contributed by atoms with Crippen LogP contribution < -0.4 is 0 Å². The van der Waals surface area contributed by atoms with Crippen LogP contribution in [-0.2, 0) is 0 Å². The van der Waals surface area contributed by atoms with Gasteiger partial charge in [-0.15, -0.1) is 0 Å². The summed E-state index contributed by atoms with van der Waals surface area (Å²) in [5.41, 5.74) is 7.42. The average Bonchev–Trinajstić information content (AvgIpc) is 2.92. The number of hydrogen-bond donors (Lipinski definition) is 0. The van der Waals surface area contributed by atoms with Gasteiger partial charge in [-0.2, -0.15) is 0 Å². The lowest BCUT2D eigenvalue weighted by Crippen LogP contribution is -2.51. The molecule has 0 amide bonds. The Hall–Kier alpha value is -0.520. The normalized spacial score (nSPS) is 43.5. The van der Waals surface area contributed by atoms with Crippen molar-refractivity contribution in [3.8, 4) is 0 Å². The third-order valence-electron chi connectivity index (χ3n) is 11.4. The van der Waals surface area contributed by atoms with Crippen molar-refractivity contribution in [2.45, 2.75) is 126 Å². The van der Waals surface area contributed by atoms with E-state index in [1.807, 2.05) is 11.1 Å². The highest BCUT2D eigenvalue weighted by Gasteiger charge is 2.62. The van der Waals surface area contributed by atoms with E-state index in [9.17, 15) is 0 Å². The van der Waals surface area contributed by atoms with Gasteiger partial charge in [0.25, 0.3) is 0 Å². The fraction of sp³-hybridized carbons (Fsp3) is 0.867.